The van der Waals surface area contributed by atoms with Gasteiger partial charge in [-0.25, -0.2) is 9.59 Å². The van der Waals surface area contributed by atoms with Crippen molar-refractivity contribution in [2.75, 3.05) is 6.61 Å². The van der Waals surface area contributed by atoms with E-state index in [0.29, 0.717) is 18.4 Å². The molecule has 0 radical (unpaired) electrons. The number of amides is 1. The predicted octanol–water partition coefficient (Wildman–Crippen LogP) is 4.18. The predicted molar refractivity (Wildman–Crippen MR) is 104 cm³/mol. The van der Waals surface area contributed by atoms with Crippen molar-refractivity contribution in [1.29, 1.82) is 0 Å². The normalized spacial score (nSPS) is 22.4. The van der Waals surface area contributed by atoms with Gasteiger partial charge in [-0.15, -0.1) is 0 Å². The Morgan fingerprint density at radius 1 is 1.00 bits per heavy atom. The topological polar surface area (TPSA) is 66.8 Å². The van der Waals surface area contributed by atoms with Gasteiger partial charge in [-0.05, 0) is 41.5 Å². The molecule has 0 aromatic heterocycles. The highest BCUT2D eigenvalue weighted by Gasteiger charge is 2.44. The van der Waals surface area contributed by atoms with Crippen LogP contribution in [0.5, 0.6) is 0 Å². The number of carbonyl (C=O) groups is 2. The van der Waals surface area contributed by atoms with Crippen LogP contribution in [0, 0.1) is 0 Å². The van der Waals surface area contributed by atoms with Crippen molar-refractivity contribution in [3.8, 4) is 11.1 Å². The summed E-state index contributed by atoms with van der Waals surface area (Å²) in [4.78, 5) is 26.0. The van der Waals surface area contributed by atoms with Crippen LogP contribution in [0.25, 0.3) is 11.1 Å². The molecule has 28 heavy (non-hydrogen) atoms. The van der Waals surface area contributed by atoms with Gasteiger partial charge in [0.25, 0.3) is 0 Å². The number of fused-ring (bicyclic) bond motifs is 5. The van der Waals surface area contributed by atoms with E-state index in [0.717, 1.165) is 6.42 Å². The van der Waals surface area contributed by atoms with Crippen LogP contribution in [0.15, 0.2) is 60.2 Å². The first-order valence-corrected chi connectivity index (χ1v) is 9.72. The van der Waals surface area contributed by atoms with Crippen LogP contribution in [-0.4, -0.2) is 40.8 Å². The van der Waals surface area contributed by atoms with Crippen molar-refractivity contribution >= 4 is 12.1 Å². The van der Waals surface area contributed by atoms with Crippen molar-refractivity contribution < 1.29 is 19.4 Å². The Morgan fingerprint density at radius 2 is 1.64 bits per heavy atom. The van der Waals surface area contributed by atoms with Gasteiger partial charge < -0.3 is 9.84 Å². The Hall–Kier alpha value is -3.08. The van der Waals surface area contributed by atoms with Crippen molar-refractivity contribution in [3.63, 3.8) is 0 Å². The highest BCUT2D eigenvalue weighted by atomic mass is 16.6. The third kappa shape index (κ3) is 2.53. The summed E-state index contributed by atoms with van der Waals surface area (Å²) < 4.78 is 5.75. The van der Waals surface area contributed by atoms with Crippen molar-refractivity contribution in [3.05, 3.63) is 71.3 Å². The first-order valence-electron chi connectivity index (χ1n) is 9.72. The average molecular weight is 375 g/mol. The second kappa shape index (κ2) is 6.51. The fourth-order valence-electron chi connectivity index (χ4n) is 4.99. The number of hydrogen-bond acceptors (Lipinski definition) is 3. The van der Waals surface area contributed by atoms with Gasteiger partial charge in [0.05, 0.1) is 11.6 Å². The van der Waals surface area contributed by atoms with Gasteiger partial charge in [0, 0.05) is 12.0 Å². The van der Waals surface area contributed by atoms with Gasteiger partial charge in [-0.1, -0.05) is 54.6 Å². The number of carboxylic acid groups (broad SMARTS) is 1. The molecule has 2 aromatic carbocycles. The molecule has 5 heteroatoms. The number of benzene rings is 2. The molecule has 1 N–H and O–H groups in total. The minimum absolute atomic E-state index is 0.00767. The zero-order valence-electron chi connectivity index (χ0n) is 15.4. The third-order valence-electron chi connectivity index (χ3n) is 6.27. The van der Waals surface area contributed by atoms with E-state index in [9.17, 15) is 14.7 Å². The number of rotatable bonds is 3. The lowest BCUT2D eigenvalue weighted by molar-refractivity contribution is -0.133. The quantitative estimate of drug-likeness (QED) is 0.874. The molecule has 1 fully saturated rings. The van der Waals surface area contributed by atoms with E-state index in [1.54, 1.807) is 11.0 Å². The lowest BCUT2D eigenvalue weighted by Gasteiger charge is -2.33. The maximum atomic E-state index is 12.9. The maximum absolute atomic E-state index is 12.9. The van der Waals surface area contributed by atoms with Gasteiger partial charge >= 0.3 is 12.1 Å². The van der Waals surface area contributed by atoms with Crippen molar-refractivity contribution in [1.82, 2.24) is 4.90 Å². The fraction of sp³-hybridized carbons (Fsp3) is 0.304. The Balaban J connectivity index is 1.37. The van der Waals surface area contributed by atoms with Gasteiger partial charge in [0.1, 0.15) is 6.61 Å². The highest BCUT2D eigenvalue weighted by molar-refractivity contribution is 5.89. The van der Waals surface area contributed by atoms with Gasteiger partial charge in [-0.3, -0.25) is 4.90 Å². The van der Waals surface area contributed by atoms with Crippen molar-refractivity contribution in [2.24, 2.45) is 0 Å². The first-order chi connectivity index (χ1) is 13.6. The van der Waals surface area contributed by atoms with Gasteiger partial charge in [-0.2, -0.15) is 0 Å². The monoisotopic (exact) mass is 375 g/mol. The summed E-state index contributed by atoms with van der Waals surface area (Å²) in [7, 11) is 0. The maximum Gasteiger partial charge on any atom is 0.410 e. The molecule has 2 aliphatic heterocycles. The Kier molecular flexibility index (Phi) is 3.97. The molecule has 1 amide bonds. The Morgan fingerprint density at radius 3 is 2.29 bits per heavy atom. The minimum atomic E-state index is -0.943. The van der Waals surface area contributed by atoms with E-state index in [-0.39, 0.29) is 24.6 Å². The molecular weight excluding hydrogens is 354 g/mol. The smallest absolute Gasteiger partial charge is 0.410 e. The zero-order valence-corrected chi connectivity index (χ0v) is 15.4. The molecule has 1 aliphatic carbocycles. The number of carbonyl (C=O) groups excluding carboxylic acids is 1. The Labute approximate surface area is 163 Å². The Bertz CT molecular complexity index is 950. The summed E-state index contributed by atoms with van der Waals surface area (Å²) in [5, 5.41) is 9.43. The van der Waals surface area contributed by atoms with E-state index in [1.165, 1.54) is 22.3 Å². The summed E-state index contributed by atoms with van der Waals surface area (Å²) in [6, 6.07) is 16.1. The van der Waals surface area contributed by atoms with E-state index >= 15 is 0 Å². The highest BCUT2D eigenvalue weighted by Crippen LogP contribution is 2.45. The lowest BCUT2D eigenvalue weighted by Crippen LogP contribution is -2.46. The molecule has 5 nitrogen and oxygen atoms in total. The van der Waals surface area contributed by atoms with E-state index in [2.05, 4.69) is 24.3 Å². The molecule has 0 saturated carbocycles. The first kappa shape index (κ1) is 17.0. The van der Waals surface area contributed by atoms with Crippen LogP contribution in [0.1, 0.15) is 36.3 Å². The molecular formula is C23H21NO4. The molecule has 142 valence electrons. The number of carboxylic acids is 1. The average Bonchev–Trinajstić information content (AvgIpc) is 3.19. The minimum Gasteiger partial charge on any atom is -0.478 e. The summed E-state index contributed by atoms with van der Waals surface area (Å²) in [5.74, 6) is -0.935. The number of aliphatic carboxylic acids is 1. The van der Waals surface area contributed by atoms with Crippen LogP contribution >= 0.6 is 0 Å². The molecule has 0 spiro atoms. The van der Waals surface area contributed by atoms with E-state index < -0.39 is 12.1 Å². The summed E-state index contributed by atoms with van der Waals surface area (Å²) in [5.41, 5.74) is 5.04. The zero-order chi connectivity index (χ0) is 19.3. The summed E-state index contributed by atoms with van der Waals surface area (Å²) in [6.07, 6.45) is 3.45. The second-order valence-corrected chi connectivity index (χ2v) is 7.66. The number of nitrogens with zero attached hydrogens (tertiary/aromatic N) is 1. The lowest BCUT2D eigenvalue weighted by atomic mass is 9.98. The van der Waals surface area contributed by atoms with Crippen LogP contribution in [0.3, 0.4) is 0 Å². The SMILES string of the molecule is O=C(O)C1=CCC2CCC1N2C(=O)OCC1c2ccccc2-c2ccccc21. The van der Waals surface area contributed by atoms with Crippen LogP contribution in [0.4, 0.5) is 4.79 Å². The standard InChI is InChI=1S/C23H21NO4/c25-22(26)19-11-9-14-10-12-21(19)24(14)23(27)28-13-20-17-7-3-1-5-15(17)16-6-2-4-8-18(16)20/h1-8,11,14,20-21H,9-10,12-13H2,(H,25,26). The molecule has 1 saturated heterocycles. The van der Waals surface area contributed by atoms with E-state index in [1.807, 2.05) is 24.3 Å². The molecule has 2 unspecified atom stereocenters. The third-order valence-corrected chi connectivity index (χ3v) is 6.27. The molecule has 2 atom stereocenters. The van der Waals surface area contributed by atoms with E-state index in [4.69, 9.17) is 4.74 Å². The molecule has 5 rings (SSSR count). The molecule has 2 aromatic rings. The fourth-order valence-corrected chi connectivity index (χ4v) is 4.99. The van der Waals surface area contributed by atoms with Gasteiger partial charge in [0.2, 0.25) is 0 Å². The van der Waals surface area contributed by atoms with Crippen molar-refractivity contribution in [2.45, 2.75) is 37.3 Å². The number of hydrogen-bond donors (Lipinski definition) is 1. The molecule has 2 heterocycles. The van der Waals surface area contributed by atoms with Crippen LogP contribution in [0.2, 0.25) is 0 Å². The summed E-state index contributed by atoms with van der Waals surface area (Å²) in [6.45, 7) is 0.259. The van der Waals surface area contributed by atoms with Crippen LogP contribution in [-0.2, 0) is 9.53 Å². The van der Waals surface area contributed by atoms with Gasteiger partial charge in [0.15, 0.2) is 0 Å². The van der Waals surface area contributed by atoms with Crippen LogP contribution < -0.4 is 0 Å². The largest absolute Gasteiger partial charge is 0.478 e. The molecule has 3 aliphatic rings. The second-order valence-electron chi connectivity index (χ2n) is 7.66. The molecule has 2 bridgehead atoms. The summed E-state index contributed by atoms with van der Waals surface area (Å²) >= 11 is 0. The number of ether oxygens (including phenoxy) is 1.